The molecule has 0 aliphatic carbocycles. The Balaban J connectivity index is 1.72. The number of nitrogens with two attached hydrogens (primary N) is 1. The molecule has 0 radical (unpaired) electrons. The predicted molar refractivity (Wildman–Crippen MR) is 118 cm³/mol. The Kier molecular flexibility index (Phi) is 5.61. The number of hydrogen-bond donors (Lipinski definition) is 2. The highest BCUT2D eigenvalue weighted by atomic mass is 32.1. The Morgan fingerprint density at radius 1 is 1.23 bits per heavy atom. The number of thiophene rings is 1. The summed E-state index contributed by atoms with van der Waals surface area (Å²) in [6.07, 6.45) is 1.91. The number of nitrogen functional groups attached to an aromatic ring is 1. The number of hydrogen-bond acceptors (Lipinski definition) is 10. The molecule has 0 spiro atoms. The molecule has 2 fully saturated rings. The fraction of sp³-hybridized carbons (Fsp3) is 0.524. The van der Waals surface area contributed by atoms with Crippen LogP contribution in [0.25, 0.3) is 0 Å². The van der Waals surface area contributed by atoms with Crippen LogP contribution in [0.5, 0.6) is 6.01 Å². The van der Waals surface area contributed by atoms with Crippen LogP contribution in [0.15, 0.2) is 5.38 Å². The molecule has 9 nitrogen and oxygen atoms in total. The van der Waals surface area contributed by atoms with Crippen molar-refractivity contribution in [3.05, 3.63) is 22.1 Å². The van der Waals surface area contributed by atoms with Gasteiger partial charge < -0.3 is 25.4 Å². The van der Waals surface area contributed by atoms with E-state index in [1.54, 1.807) is 0 Å². The quantitative estimate of drug-likeness (QED) is 0.733. The standard InChI is InChI=1S/C21H25N7O2S/c1-21(16-11-31-17(24)14(16)8-22)5-7-28(12-21)19-15(9-23)18(25-20(26-19)30-2)27-6-3-4-13(29)10-27/h11,13,29H,3-7,10,12,24H2,1-2H3. The molecular formula is C21H25N7O2S. The molecule has 10 heteroatoms. The summed E-state index contributed by atoms with van der Waals surface area (Å²) in [7, 11) is 1.50. The van der Waals surface area contributed by atoms with Crippen molar-refractivity contribution in [2.24, 2.45) is 0 Å². The fourth-order valence-electron chi connectivity index (χ4n) is 4.51. The minimum Gasteiger partial charge on any atom is -0.467 e. The first-order chi connectivity index (χ1) is 14.9. The van der Waals surface area contributed by atoms with Gasteiger partial charge in [-0.15, -0.1) is 11.3 Å². The highest BCUT2D eigenvalue weighted by molar-refractivity contribution is 7.14. The van der Waals surface area contributed by atoms with Crippen LogP contribution in [0.3, 0.4) is 0 Å². The van der Waals surface area contributed by atoms with E-state index >= 15 is 0 Å². The Morgan fingerprint density at radius 2 is 1.94 bits per heavy atom. The molecule has 2 aliphatic heterocycles. The first-order valence-corrected chi connectivity index (χ1v) is 11.1. The van der Waals surface area contributed by atoms with Crippen LogP contribution >= 0.6 is 11.3 Å². The lowest BCUT2D eigenvalue weighted by atomic mass is 9.81. The summed E-state index contributed by atoms with van der Waals surface area (Å²) in [6.45, 7) is 4.51. The topological polar surface area (TPSA) is 135 Å². The van der Waals surface area contributed by atoms with Gasteiger partial charge in [-0.05, 0) is 30.2 Å². The van der Waals surface area contributed by atoms with Gasteiger partial charge in [-0.2, -0.15) is 20.5 Å². The summed E-state index contributed by atoms with van der Waals surface area (Å²) in [5, 5.41) is 32.2. The Hall–Kier alpha value is -3.08. The number of ether oxygens (including phenoxy) is 1. The molecule has 3 N–H and O–H groups in total. The molecule has 4 heterocycles. The third-order valence-electron chi connectivity index (χ3n) is 6.20. The maximum Gasteiger partial charge on any atom is 0.320 e. The van der Waals surface area contributed by atoms with Gasteiger partial charge in [0.25, 0.3) is 0 Å². The molecule has 2 saturated heterocycles. The van der Waals surface area contributed by atoms with Gasteiger partial charge in [0.05, 0.1) is 18.8 Å². The second-order valence-corrected chi connectivity index (χ2v) is 9.23. The van der Waals surface area contributed by atoms with Gasteiger partial charge in [0, 0.05) is 31.6 Å². The summed E-state index contributed by atoms with van der Waals surface area (Å²) in [5.41, 5.74) is 7.57. The maximum absolute atomic E-state index is 10.1. The van der Waals surface area contributed by atoms with Gasteiger partial charge in [0.15, 0.2) is 11.6 Å². The molecule has 2 aliphatic rings. The maximum atomic E-state index is 10.1. The molecule has 2 atom stereocenters. The molecule has 0 aromatic carbocycles. The van der Waals surface area contributed by atoms with Gasteiger partial charge in [0.1, 0.15) is 22.7 Å². The van der Waals surface area contributed by atoms with Crippen molar-refractivity contribution in [3.8, 4) is 18.1 Å². The molecule has 4 rings (SSSR count). The van der Waals surface area contributed by atoms with E-state index in [-0.39, 0.29) is 11.4 Å². The van der Waals surface area contributed by atoms with E-state index in [2.05, 4.69) is 33.9 Å². The van der Waals surface area contributed by atoms with E-state index in [4.69, 9.17) is 10.5 Å². The second kappa shape index (κ2) is 8.22. The lowest BCUT2D eigenvalue weighted by molar-refractivity contribution is 0.153. The third-order valence-corrected chi connectivity index (χ3v) is 7.01. The van der Waals surface area contributed by atoms with E-state index in [1.807, 2.05) is 10.3 Å². The van der Waals surface area contributed by atoms with Crippen molar-refractivity contribution >= 4 is 28.0 Å². The van der Waals surface area contributed by atoms with Crippen LogP contribution in [0.1, 0.15) is 42.9 Å². The van der Waals surface area contributed by atoms with Gasteiger partial charge >= 0.3 is 6.01 Å². The summed E-state index contributed by atoms with van der Waals surface area (Å²) in [6, 6.07) is 4.71. The number of β-amino-alcohol motifs (C(OH)–C–C–N with tert-alkyl or cyclic N) is 1. The van der Waals surface area contributed by atoms with Gasteiger partial charge in [-0.3, -0.25) is 0 Å². The smallest absolute Gasteiger partial charge is 0.320 e. The number of piperidine rings is 1. The fourth-order valence-corrected chi connectivity index (χ4v) is 5.43. The van der Waals surface area contributed by atoms with Crippen molar-refractivity contribution < 1.29 is 9.84 Å². The zero-order valence-electron chi connectivity index (χ0n) is 17.6. The number of anilines is 3. The van der Waals surface area contributed by atoms with E-state index < -0.39 is 6.10 Å². The number of rotatable bonds is 4. The van der Waals surface area contributed by atoms with Crippen molar-refractivity contribution in [1.29, 1.82) is 10.5 Å². The highest BCUT2D eigenvalue weighted by Crippen LogP contribution is 2.42. The zero-order chi connectivity index (χ0) is 22.2. The molecule has 0 saturated carbocycles. The van der Waals surface area contributed by atoms with E-state index in [1.165, 1.54) is 18.4 Å². The number of nitriles is 2. The van der Waals surface area contributed by atoms with Gasteiger partial charge in [-0.25, -0.2) is 0 Å². The van der Waals surface area contributed by atoms with Crippen LogP contribution < -0.4 is 20.3 Å². The monoisotopic (exact) mass is 439 g/mol. The van der Waals surface area contributed by atoms with Crippen molar-refractivity contribution in [3.63, 3.8) is 0 Å². The normalized spacial score (nSPS) is 23.5. The molecule has 2 aromatic rings. The average molecular weight is 440 g/mol. The summed E-state index contributed by atoms with van der Waals surface area (Å²) < 4.78 is 5.34. The third kappa shape index (κ3) is 3.73. The van der Waals surface area contributed by atoms with Crippen LogP contribution in [-0.4, -0.2) is 54.5 Å². The van der Waals surface area contributed by atoms with Crippen LogP contribution in [-0.2, 0) is 5.41 Å². The van der Waals surface area contributed by atoms with E-state index in [0.29, 0.717) is 53.9 Å². The first-order valence-electron chi connectivity index (χ1n) is 10.2. The van der Waals surface area contributed by atoms with Gasteiger partial charge in [-0.1, -0.05) is 6.92 Å². The van der Waals surface area contributed by atoms with Crippen LogP contribution in [0.4, 0.5) is 16.6 Å². The van der Waals surface area contributed by atoms with Crippen LogP contribution in [0, 0.1) is 22.7 Å². The van der Waals surface area contributed by atoms with Crippen LogP contribution in [0.2, 0.25) is 0 Å². The Labute approximate surface area is 185 Å². The summed E-state index contributed by atoms with van der Waals surface area (Å²) >= 11 is 1.38. The van der Waals surface area contributed by atoms with Crippen molar-refractivity contribution in [2.75, 3.05) is 48.8 Å². The molecule has 2 aromatic heterocycles. The SMILES string of the molecule is COc1nc(N2CCCC(O)C2)c(C#N)c(N2CCC(C)(c3csc(N)c3C#N)C2)n1. The van der Waals surface area contributed by atoms with Crippen molar-refractivity contribution in [1.82, 2.24) is 9.97 Å². The number of methoxy groups -OCH3 is 1. The van der Waals surface area contributed by atoms with Crippen molar-refractivity contribution in [2.45, 2.75) is 37.7 Å². The Morgan fingerprint density at radius 3 is 2.58 bits per heavy atom. The minimum atomic E-state index is -0.451. The molecule has 0 amide bonds. The number of aliphatic hydroxyl groups is 1. The summed E-state index contributed by atoms with van der Waals surface area (Å²) in [4.78, 5) is 13.0. The first kappa shape index (κ1) is 21.2. The molecule has 31 heavy (non-hydrogen) atoms. The average Bonchev–Trinajstić information content (AvgIpc) is 3.36. The van der Waals surface area contributed by atoms with Gasteiger partial charge in [0.2, 0.25) is 0 Å². The van der Waals surface area contributed by atoms with E-state index in [9.17, 15) is 15.6 Å². The minimum absolute atomic E-state index is 0.190. The molecule has 162 valence electrons. The zero-order valence-corrected chi connectivity index (χ0v) is 18.4. The largest absolute Gasteiger partial charge is 0.467 e. The second-order valence-electron chi connectivity index (χ2n) is 8.32. The lowest BCUT2D eigenvalue weighted by Crippen LogP contribution is -2.39. The number of aromatic nitrogens is 2. The Bertz CT molecular complexity index is 1070. The molecular weight excluding hydrogens is 414 g/mol. The number of nitrogens with zero attached hydrogens (tertiary/aromatic N) is 6. The lowest BCUT2D eigenvalue weighted by Gasteiger charge is -2.32. The predicted octanol–water partition coefficient (Wildman–Crippen LogP) is 2.00. The molecule has 2 unspecified atom stereocenters. The summed E-state index contributed by atoms with van der Waals surface area (Å²) in [5.74, 6) is 1.02. The molecule has 0 bridgehead atoms. The van der Waals surface area contributed by atoms with E-state index in [0.717, 1.165) is 24.8 Å². The number of aliphatic hydroxyl groups excluding tert-OH is 1. The highest BCUT2D eigenvalue weighted by Gasteiger charge is 2.40.